The Morgan fingerprint density at radius 2 is 0.688 bits per heavy atom. The van der Waals surface area contributed by atoms with Gasteiger partial charge < -0.3 is 0 Å². The molecule has 230 valence electrons. The zero-order valence-corrected chi connectivity index (χ0v) is 29.4. The summed E-state index contributed by atoms with van der Waals surface area (Å²) in [6.45, 7) is 0. The lowest BCUT2D eigenvalue weighted by molar-refractivity contribution is 1.14. The molecule has 0 saturated carbocycles. The number of rotatable bonds is 2. The highest BCUT2D eigenvalue weighted by Gasteiger charge is 2.49. The van der Waals surface area contributed by atoms with Gasteiger partial charge in [0.1, 0.15) is 8.16 Å². The van der Waals surface area contributed by atoms with Gasteiger partial charge in [-0.25, -0.2) is 0 Å². The van der Waals surface area contributed by atoms with Crippen LogP contribution in [0.15, 0.2) is 133 Å². The predicted molar refractivity (Wildman–Crippen MR) is 215 cm³/mol. The molecule has 4 aliphatic rings. The molecule has 7 aromatic carbocycles. The summed E-state index contributed by atoms with van der Waals surface area (Å²) in [5.74, 6) is 4.72. The Morgan fingerprint density at radius 3 is 1.10 bits per heavy atom. The normalized spacial score (nSPS) is 17.7. The molecule has 0 aromatic heterocycles. The van der Waals surface area contributed by atoms with Gasteiger partial charge in [0.05, 0.1) is 0 Å². The lowest BCUT2D eigenvalue weighted by atomic mass is 9.83. The van der Waals surface area contributed by atoms with Gasteiger partial charge in [-0.05, 0) is 113 Å². The van der Waals surface area contributed by atoms with Crippen molar-refractivity contribution in [3.8, 4) is 44.5 Å². The van der Waals surface area contributed by atoms with E-state index in [9.17, 15) is 0 Å². The maximum atomic E-state index is 2.61. The maximum absolute atomic E-state index is 2.61. The van der Waals surface area contributed by atoms with Gasteiger partial charge in [-0.1, -0.05) is 109 Å². The van der Waals surface area contributed by atoms with Crippen LogP contribution < -0.4 is 0 Å². The topological polar surface area (TPSA) is 0 Å². The average Bonchev–Trinajstić information content (AvgIpc) is 3.94. The monoisotopic (exact) mass is 686 g/mol. The van der Waals surface area contributed by atoms with E-state index >= 15 is 0 Å². The molecule has 0 atom stereocenters. The van der Waals surface area contributed by atoms with Crippen LogP contribution >= 0.6 is 47.0 Å². The molecule has 2 saturated heterocycles. The van der Waals surface area contributed by atoms with E-state index in [-0.39, 0.29) is 8.16 Å². The second-order valence-electron chi connectivity index (χ2n) is 13.1. The van der Waals surface area contributed by atoms with Gasteiger partial charge in [-0.3, -0.25) is 0 Å². The van der Waals surface area contributed by atoms with E-state index in [1.165, 1.54) is 111 Å². The first-order valence-corrected chi connectivity index (χ1v) is 20.7. The first-order valence-electron chi connectivity index (χ1n) is 16.8. The van der Waals surface area contributed by atoms with Crippen LogP contribution in [0.25, 0.3) is 66.1 Å². The summed E-state index contributed by atoms with van der Waals surface area (Å²) >= 11 is 8.52. The lowest BCUT2D eigenvalue weighted by Crippen LogP contribution is -2.12. The molecule has 2 heterocycles. The molecular formula is C44H30S4. The largest absolute Gasteiger partial charge is 0.134 e. The molecule has 2 aliphatic heterocycles. The highest BCUT2D eigenvalue weighted by Crippen LogP contribution is 2.67. The second kappa shape index (κ2) is 10.5. The first kappa shape index (κ1) is 28.3. The number of benzene rings is 7. The molecule has 0 amide bonds. The molecule has 2 spiro atoms. The molecule has 0 radical (unpaired) electrons. The molecule has 0 unspecified atom stereocenters. The van der Waals surface area contributed by atoms with Crippen LogP contribution in [0, 0.1) is 0 Å². The van der Waals surface area contributed by atoms with Crippen LogP contribution in [-0.2, 0) is 8.16 Å². The van der Waals surface area contributed by atoms with Gasteiger partial charge in [-0.2, -0.15) is 0 Å². The van der Waals surface area contributed by atoms with Crippen LogP contribution in [-0.4, -0.2) is 23.0 Å². The summed E-state index contributed by atoms with van der Waals surface area (Å²) in [7, 11) is 0. The summed E-state index contributed by atoms with van der Waals surface area (Å²) in [5.41, 5.74) is 16.8. The van der Waals surface area contributed by atoms with E-state index in [4.69, 9.17) is 0 Å². The molecule has 2 aliphatic carbocycles. The van der Waals surface area contributed by atoms with Crippen molar-refractivity contribution in [2.75, 3.05) is 23.0 Å². The number of fused-ring (bicyclic) bond motifs is 12. The second-order valence-corrected chi connectivity index (χ2v) is 18.8. The quantitative estimate of drug-likeness (QED) is 0.166. The van der Waals surface area contributed by atoms with Gasteiger partial charge in [-0.15, -0.1) is 47.0 Å². The summed E-state index contributed by atoms with van der Waals surface area (Å²) in [6, 6.07) is 51.1. The highest BCUT2D eigenvalue weighted by molar-refractivity contribution is 8.21. The van der Waals surface area contributed by atoms with Crippen LogP contribution in [0.1, 0.15) is 22.3 Å². The fraction of sp³-hybridized carbons (Fsp3) is 0.136. The van der Waals surface area contributed by atoms with Gasteiger partial charge in [0, 0.05) is 23.0 Å². The molecule has 2 fully saturated rings. The molecule has 0 N–H and O–H groups in total. The van der Waals surface area contributed by atoms with E-state index in [0.29, 0.717) is 0 Å². The Balaban J connectivity index is 1.35. The van der Waals surface area contributed by atoms with Crippen LogP contribution in [0.2, 0.25) is 0 Å². The van der Waals surface area contributed by atoms with Gasteiger partial charge in [0.2, 0.25) is 0 Å². The van der Waals surface area contributed by atoms with Crippen molar-refractivity contribution in [2.24, 2.45) is 0 Å². The summed E-state index contributed by atoms with van der Waals surface area (Å²) in [4.78, 5) is 0. The van der Waals surface area contributed by atoms with E-state index in [1.54, 1.807) is 0 Å². The van der Waals surface area contributed by atoms with Gasteiger partial charge >= 0.3 is 0 Å². The van der Waals surface area contributed by atoms with E-state index in [1.807, 2.05) is 0 Å². The van der Waals surface area contributed by atoms with Crippen molar-refractivity contribution in [2.45, 2.75) is 8.16 Å². The Hall–Kier alpha value is -3.54. The Labute approximate surface area is 298 Å². The van der Waals surface area contributed by atoms with Crippen LogP contribution in [0.3, 0.4) is 0 Å². The fourth-order valence-electron chi connectivity index (χ4n) is 8.89. The Morgan fingerprint density at radius 1 is 0.333 bits per heavy atom. The molecule has 4 heteroatoms. The molecule has 11 rings (SSSR count). The fourth-order valence-corrected chi connectivity index (χ4v) is 15.7. The third-order valence-corrected chi connectivity index (χ3v) is 17.7. The number of hydrogen-bond donors (Lipinski definition) is 0. The SMILES string of the molecule is c1ccc(-c2c3cc4c(cc3c(-c3ccccc3)c3cc5c(cc23)C2(SCCS2)c2ccccc2-5)C2(SCCS2)c2ccccc2-4)cc1. The lowest BCUT2D eigenvalue weighted by Gasteiger charge is -2.27. The van der Waals surface area contributed by atoms with Crippen molar-refractivity contribution in [3.05, 3.63) is 156 Å². The Kier molecular flexibility index (Phi) is 6.18. The Bertz CT molecular complexity index is 2280. The summed E-state index contributed by atoms with van der Waals surface area (Å²) in [5, 5.41) is 5.42. The van der Waals surface area contributed by atoms with Crippen LogP contribution in [0.4, 0.5) is 0 Å². The third kappa shape index (κ3) is 3.70. The minimum absolute atomic E-state index is 0.0455. The first-order chi connectivity index (χ1) is 23.8. The smallest absolute Gasteiger partial charge is 0.113 e. The van der Waals surface area contributed by atoms with Crippen molar-refractivity contribution in [1.82, 2.24) is 0 Å². The van der Waals surface area contributed by atoms with E-state index in [0.717, 1.165) is 0 Å². The maximum Gasteiger partial charge on any atom is 0.113 e. The minimum atomic E-state index is -0.0455. The van der Waals surface area contributed by atoms with Gasteiger partial charge in [0.25, 0.3) is 0 Å². The zero-order chi connectivity index (χ0) is 31.5. The third-order valence-electron chi connectivity index (χ3n) is 10.8. The zero-order valence-electron chi connectivity index (χ0n) is 26.2. The molecule has 48 heavy (non-hydrogen) atoms. The van der Waals surface area contributed by atoms with Gasteiger partial charge in [0.15, 0.2) is 0 Å². The summed E-state index contributed by atoms with van der Waals surface area (Å²) < 4.78 is -0.0910. The van der Waals surface area contributed by atoms with E-state index < -0.39 is 0 Å². The highest BCUT2D eigenvalue weighted by atomic mass is 32.2. The standard InChI is InChI=1S/C44H30S4/c1-3-11-27(12-4-1)41-33-23-31-29-15-7-9-17-37(29)44(47-21-22-48-44)40(31)26-36(33)42(28-13-5-2-6-14-28)34-24-32-30-16-8-10-18-38(30)43(45-19-20-46-43)39(32)25-35(34)41/h1-18,23-26H,19-22H2. The molecule has 0 nitrogen and oxygen atoms in total. The van der Waals surface area contributed by atoms with E-state index in [2.05, 4.69) is 181 Å². The minimum Gasteiger partial charge on any atom is -0.134 e. The summed E-state index contributed by atoms with van der Waals surface area (Å²) in [6.07, 6.45) is 0. The molecule has 0 bridgehead atoms. The molecular weight excluding hydrogens is 657 g/mol. The number of hydrogen-bond acceptors (Lipinski definition) is 4. The average molecular weight is 687 g/mol. The predicted octanol–water partition coefficient (Wildman–Crippen LogP) is 12.6. The van der Waals surface area contributed by atoms with Crippen molar-refractivity contribution in [3.63, 3.8) is 0 Å². The van der Waals surface area contributed by atoms with Crippen molar-refractivity contribution in [1.29, 1.82) is 0 Å². The molecule has 7 aromatic rings. The number of thioether (sulfide) groups is 4. The van der Waals surface area contributed by atoms with Crippen LogP contribution in [0.5, 0.6) is 0 Å². The van der Waals surface area contributed by atoms with Crippen molar-refractivity contribution >= 4 is 68.6 Å². The van der Waals surface area contributed by atoms with Crippen molar-refractivity contribution < 1.29 is 0 Å².